The van der Waals surface area contributed by atoms with E-state index >= 15 is 0 Å². The van der Waals surface area contributed by atoms with Crippen molar-refractivity contribution in [3.63, 3.8) is 0 Å². The van der Waals surface area contributed by atoms with Gasteiger partial charge in [0.05, 0.1) is 5.41 Å². The van der Waals surface area contributed by atoms with E-state index in [1.165, 1.54) is 111 Å². The molecule has 2 aliphatic rings. The van der Waals surface area contributed by atoms with Crippen molar-refractivity contribution in [2.24, 2.45) is 0 Å². The lowest BCUT2D eigenvalue weighted by Crippen LogP contribution is -2.26. The van der Waals surface area contributed by atoms with Crippen LogP contribution in [0.4, 0.5) is 34.1 Å². The van der Waals surface area contributed by atoms with Crippen LogP contribution < -0.4 is 9.80 Å². The van der Waals surface area contributed by atoms with Crippen molar-refractivity contribution in [3.05, 3.63) is 250 Å². The minimum absolute atomic E-state index is 0.516. The molecule has 0 heterocycles. The molecule has 12 rings (SSSR count). The predicted octanol–water partition coefficient (Wildman–Crippen LogP) is 17.1. The summed E-state index contributed by atoms with van der Waals surface area (Å²) in [7, 11) is 0. The quantitative estimate of drug-likeness (QED) is 0.165. The standard InChI is InChI=1S/C63H50N2/c1-39-31-52(32-40(2)43(39)5)64(48-17-9-7-10-18-48)50-27-25-45-37-58-57-29-26-46-35-51(65(49-19-11-8-12-20-49)53-33-41(3)44(6)42(4)34-53)28-30-54(46)62(57)63(61(58)38-47(45)36-50)59-23-15-13-21-55(59)56-22-14-16-24-60(56)63/h7-38H,1-6H3. The van der Waals surface area contributed by atoms with Crippen molar-refractivity contribution in [3.8, 4) is 22.3 Å². The van der Waals surface area contributed by atoms with Gasteiger partial charge in [-0.05, 0) is 226 Å². The molecule has 2 aliphatic carbocycles. The molecule has 0 aliphatic heterocycles. The number of rotatable bonds is 6. The molecule has 0 aromatic heterocycles. The largest absolute Gasteiger partial charge is 0.310 e. The van der Waals surface area contributed by atoms with Crippen LogP contribution >= 0.6 is 0 Å². The van der Waals surface area contributed by atoms with Crippen LogP contribution in [0.5, 0.6) is 0 Å². The first kappa shape index (κ1) is 39.0. The fourth-order valence-electron chi connectivity index (χ4n) is 11.3. The molecule has 10 aromatic rings. The highest BCUT2D eigenvalue weighted by Gasteiger charge is 2.52. The Labute approximate surface area is 382 Å². The number of hydrogen-bond donors (Lipinski definition) is 0. The van der Waals surface area contributed by atoms with Crippen molar-refractivity contribution < 1.29 is 0 Å². The summed E-state index contributed by atoms with van der Waals surface area (Å²) < 4.78 is 0. The van der Waals surface area contributed by atoms with Gasteiger partial charge in [0.25, 0.3) is 0 Å². The minimum Gasteiger partial charge on any atom is -0.310 e. The second-order valence-corrected chi connectivity index (χ2v) is 18.4. The molecule has 0 radical (unpaired) electrons. The normalized spacial score (nSPS) is 12.9. The molecule has 2 heteroatoms. The highest BCUT2D eigenvalue weighted by atomic mass is 15.1. The molecule has 0 fully saturated rings. The van der Waals surface area contributed by atoms with Gasteiger partial charge >= 0.3 is 0 Å². The van der Waals surface area contributed by atoms with E-state index in [9.17, 15) is 0 Å². The van der Waals surface area contributed by atoms with Gasteiger partial charge in [-0.1, -0.05) is 109 Å². The summed E-state index contributed by atoms with van der Waals surface area (Å²) in [5, 5.41) is 4.97. The van der Waals surface area contributed by atoms with Crippen LogP contribution in [0, 0.1) is 41.5 Å². The summed E-state index contributed by atoms with van der Waals surface area (Å²) >= 11 is 0. The third-order valence-electron chi connectivity index (χ3n) is 14.9. The van der Waals surface area contributed by atoms with E-state index in [4.69, 9.17) is 0 Å². The van der Waals surface area contributed by atoms with Crippen molar-refractivity contribution in [1.82, 2.24) is 0 Å². The van der Waals surface area contributed by atoms with Crippen LogP contribution in [-0.2, 0) is 5.41 Å². The summed E-state index contributed by atoms with van der Waals surface area (Å²) in [5.41, 5.74) is 24.9. The second kappa shape index (κ2) is 14.7. The zero-order valence-corrected chi connectivity index (χ0v) is 37.9. The van der Waals surface area contributed by atoms with Crippen LogP contribution in [0.15, 0.2) is 194 Å². The molecular weight excluding hydrogens is 785 g/mol. The van der Waals surface area contributed by atoms with Gasteiger partial charge in [0.15, 0.2) is 0 Å². The van der Waals surface area contributed by atoms with Crippen molar-refractivity contribution in [1.29, 1.82) is 0 Å². The molecule has 0 saturated heterocycles. The smallest absolute Gasteiger partial charge is 0.0731 e. The molecule has 65 heavy (non-hydrogen) atoms. The lowest BCUT2D eigenvalue weighted by molar-refractivity contribution is 0.802. The van der Waals surface area contributed by atoms with E-state index in [2.05, 4.69) is 245 Å². The lowest BCUT2D eigenvalue weighted by atomic mass is 9.69. The van der Waals surface area contributed by atoms with Crippen molar-refractivity contribution in [2.45, 2.75) is 47.0 Å². The van der Waals surface area contributed by atoms with Crippen LogP contribution in [-0.4, -0.2) is 0 Å². The van der Waals surface area contributed by atoms with Gasteiger partial charge in [0, 0.05) is 34.1 Å². The Hall–Kier alpha value is -7.68. The molecule has 0 N–H and O–H groups in total. The predicted molar refractivity (Wildman–Crippen MR) is 276 cm³/mol. The van der Waals surface area contributed by atoms with Crippen LogP contribution in [0.3, 0.4) is 0 Å². The Balaban J connectivity index is 1.10. The van der Waals surface area contributed by atoms with Crippen LogP contribution in [0.1, 0.15) is 55.6 Å². The number of hydrogen-bond acceptors (Lipinski definition) is 2. The van der Waals surface area contributed by atoms with E-state index in [-0.39, 0.29) is 0 Å². The van der Waals surface area contributed by atoms with E-state index in [0.717, 1.165) is 22.7 Å². The summed E-state index contributed by atoms with van der Waals surface area (Å²) in [4.78, 5) is 4.83. The van der Waals surface area contributed by atoms with Crippen LogP contribution in [0.25, 0.3) is 43.8 Å². The SMILES string of the molecule is Cc1cc(N(c2ccccc2)c2ccc3cc4c(cc3c2)C2(c3ccccc3-c3ccccc32)c2c-4ccc3cc(N(c4ccccc4)c4cc(C)c(C)c(C)c4)ccc23)cc(C)c1C. The van der Waals surface area contributed by atoms with E-state index in [1.807, 2.05) is 0 Å². The Morgan fingerprint density at radius 3 is 1.29 bits per heavy atom. The Bertz CT molecular complexity index is 3470. The van der Waals surface area contributed by atoms with E-state index < -0.39 is 5.41 Å². The fourth-order valence-corrected chi connectivity index (χ4v) is 11.3. The highest BCUT2D eigenvalue weighted by molar-refractivity contribution is 6.07. The zero-order chi connectivity index (χ0) is 44.1. The summed E-state index contributed by atoms with van der Waals surface area (Å²) in [5.74, 6) is 0. The molecule has 10 aromatic carbocycles. The average molecular weight is 835 g/mol. The van der Waals surface area contributed by atoms with E-state index in [1.54, 1.807) is 0 Å². The molecule has 0 saturated carbocycles. The monoisotopic (exact) mass is 834 g/mol. The topological polar surface area (TPSA) is 6.48 Å². The van der Waals surface area contributed by atoms with E-state index in [0.29, 0.717) is 0 Å². The molecule has 2 nitrogen and oxygen atoms in total. The maximum absolute atomic E-state index is 2.53. The minimum atomic E-state index is -0.516. The number of fused-ring (bicyclic) bond motifs is 13. The number of benzene rings is 10. The summed E-state index contributed by atoms with van der Waals surface area (Å²) in [6.07, 6.45) is 0. The highest BCUT2D eigenvalue weighted by Crippen LogP contribution is 2.64. The molecule has 312 valence electrons. The fraction of sp³-hybridized carbons (Fsp3) is 0.111. The Kier molecular flexibility index (Phi) is 8.80. The molecule has 0 atom stereocenters. The first-order valence-electron chi connectivity index (χ1n) is 22.9. The van der Waals surface area contributed by atoms with Crippen molar-refractivity contribution >= 4 is 55.7 Å². The number of para-hydroxylation sites is 2. The zero-order valence-electron chi connectivity index (χ0n) is 37.9. The van der Waals surface area contributed by atoms with Gasteiger partial charge in [-0.25, -0.2) is 0 Å². The van der Waals surface area contributed by atoms with Crippen LogP contribution in [0.2, 0.25) is 0 Å². The third kappa shape index (κ3) is 5.80. The maximum atomic E-state index is 2.53. The number of anilines is 6. The molecule has 1 spiro atoms. The number of nitrogens with zero attached hydrogens (tertiary/aromatic N) is 2. The summed E-state index contributed by atoms with van der Waals surface area (Å²) in [6, 6.07) is 73.2. The Morgan fingerprint density at radius 2 is 0.754 bits per heavy atom. The Morgan fingerprint density at radius 1 is 0.292 bits per heavy atom. The van der Waals surface area contributed by atoms with Gasteiger partial charge in [-0.3, -0.25) is 0 Å². The van der Waals surface area contributed by atoms with Gasteiger partial charge in [-0.2, -0.15) is 0 Å². The lowest BCUT2D eigenvalue weighted by Gasteiger charge is -2.32. The molecule has 0 bridgehead atoms. The van der Waals surface area contributed by atoms with Gasteiger partial charge in [-0.15, -0.1) is 0 Å². The first-order chi connectivity index (χ1) is 31.7. The molecular formula is C63H50N2. The average Bonchev–Trinajstić information content (AvgIpc) is 3.79. The summed E-state index contributed by atoms with van der Waals surface area (Å²) in [6.45, 7) is 13.3. The van der Waals surface area contributed by atoms with Gasteiger partial charge in [0.2, 0.25) is 0 Å². The van der Waals surface area contributed by atoms with Gasteiger partial charge < -0.3 is 9.80 Å². The first-order valence-corrected chi connectivity index (χ1v) is 22.9. The maximum Gasteiger partial charge on any atom is 0.0731 e. The molecule has 0 amide bonds. The second-order valence-electron chi connectivity index (χ2n) is 18.4. The number of aryl methyl sites for hydroxylation is 4. The van der Waals surface area contributed by atoms with Gasteiger partial charge in [0.1, 0.15) is 0 Å². The third-order valence-corrected chi connectivity index (χ3v) is 14.9. The van der Waals surface area contributed by atoms with Crippen molar-refractivity contribution in [2.75, 3.05) is 9.80 Å². The molecule has 0 unspecified atom stereocenters.